The van der Waals surface area contributed by atoms with Crippen molar-refractivity contribution in [1.29, 1.82) is 0 Å². The van der Waals surface area contributed by atoms with Crippen LogP contribution in [0, 0.1) is 5.92 Å². The van der Waals surface area contributed by atoms with Crippen molar-refractivity contribution in [2.75, 3.05) is 0 Å². The summed E-state index contributed by atoms with van der Waals surface area (Å²) in [5, 5.41) is 0.965. The molecule has 3 heteroatoms. The number of fused-ring (bicyclic) bond motifs is 1. The maximum absolute atomic E-state index is 12.4. The number of ketones is 2. The van der Waals surface area contributed by atoms with E-state index in [2.05, 4.69) is 4.98 Å². The van der Waals surface area contributed by atoms with Gasteiger partial charge in [-0.05, 0) is 18.6 Å². The van der Waals surface area contributed by atoms with Gasteiger partial charge in [0.2, 0.25) is 0 Å². The summed E-state index contributed by atoms with van der Waals surface area (Å²) in [4.78, 5) is 28.0. The highest BCUT2D eigenvalue weighted by molar-refractivity contribution is 6.09. The summed E-state index contributed by atoms with van der Waals surface area (Å²) in [5.41, 5.74) is 1.39. The molecule has 3 rings (SSSR count). The zero-order chi connectivity index (χ0) is 12.5. The van der Waals surface area contributed by atoms with Crippen LogP contribution in [0.3, 0.4) is 0 Å². The van der Waals surface area contributed by atoms with E-state index in [1.807, 2.05) is 24.3 Å². The third kappa shape index (κ3) is 1.82. The Morgan fingerprint density at radius 1 is 1.22 bits per heavy atom. The lowest BCUT2D eigenvalue weighted by atomic mass is 9.94. The van der Waals surface area contributed by atoms with Crippen molar-refractivity contribution in [1.82, 2.24) is 4.98 Å². The number of hydrogen-bond donors (Lipinski definition) is 0. The quantitative estimate of drug-likeness (QED) is 0.757. The molecular formula is C15H13NO2. The van der Waals surface area contributed by atoms with Crippen LogP contribution in [0.5, 0.6) is 0 Å². The lowest BCUT2D eigenvalue weighted by Gasteiger charge is -2.09. The molecule has 0 bridgehead atoms. The van der Waals surface area contributed by atoms with E-state index in [4.69, 9.17) is 0 Å². The van der Waals surface area contributed by atoms with Crippen molar-refractivity contribution in [3.63, 3.8) is 0 Å². The molecule has 2 aromatic rings. The second-order valence-corrected chi connectivity index (χ2v) is 4.72. The predicted octanol–water partition coefficient (Wildman–Crippen LogP) is 2.79. The SMILES string of the molecule is O=C1CCC(C(=O)c2cccc3cccnc23)C1. The number of aromatic nitrogens is 1. The fourth-order valence-electron chi connectivity index (χ4n) is 2.56. The van der Waals surface area contributed by atoms with Crippen LogP contribution in [0.4, 0.5) is 0 Å². The first-order valence-electron chi connectivity index (χ1n) is 6.15. The first-order chi connectivity index (χ1) is 8.75. The van der Waals surface area contributed by atoms with Crippen LogP contribution in [0.25, 0.3) is 10.9 Å². The van der Waals surface area contributed by atoms with E-state index < -0.39 is 0 Å². The number of nitrogens with zero attached hydrogens (tertiary/aromatic N) is 1. The molecule has 3 nitrogen and oxygen atoms in total. The fraction of sp³-hybridized carbons (Fsp3) is 0.267. The van der Waals surface area contributed by atoms with Gasteiger partial charge in [0.05, 0.1) is 5.52 Å². The number of para-hydroxylation sites is 1. The second-order valence-electron chi connectivity index (χ2n) is 4.72. The van der Waals surface area contributed by atoms with Gasteiger partial charge in [-0.3, -0.25) is 14.6 Å². The van der Waals surface area contributed by atoms with E-state index >= 15 is 0 Å². The highest BCUT2D eigenvalue weighted by Gasteiger charge is 2.29. The van der Waals surface area contributed by atoms with Crippen molar-refractivity contribution in [2.24, 2.45) is 5.92 Å². The van der Waals surface area contributed by atoms with Gasteiger partial charge in [-0.1, -0.05) is 18.2 Å². The minimum Gasteiger partial charge on any atom is -0.300 e. The summed E-state index contributed by atoms with van der Waals surface area (Å²) in [6.07, 6.45) is 3.30. The number of carbonyl (C=O) groups excluding carboxylic acids is 2. The fourth-order valence-corrected chi connectivity index (χ4v) is 2.56. The number of benzene rings is 1. The molecule has 1 aromatic carbocycles. The first-order valence-corrected chi connectivity index (χ1v) is 6.15. The molecule has 1 atom stereocenters. The van der Waals surface area contributed by atoms with E-state index in [0.717, 1.165) is 10.9 Å². The Bertz CT molecular complexity index is 628. The zero-order valence-electron chi connectivity index (χ0n) is 9.93. The van der Waals surface area contributed by atoms with Gasteiger partial charge in [-0.15, -0.1) is 0 Å². The van der Waals surface area contributed by atoms with Gasteiger partial charge < -0.3 is 0 Å². The molecule has 0 aliphatic heterocycles. The van der Waals surface area contributed by atoms with Crippen LogP contribution in [-0.4, -0.2) is 16.6 Å². The average Bonchev–Trinajstić information content (AvgIpc) is 2.84. The Morgan fingerprint density at radius 3 is 2.83 bits per heavy atom. The normalized spacial score (nSPS) is 19.3. The summed E-state index contributed by atoms with van der Waals surface area (Å²) in [6, 6.07) is 9.42. The molecule has 0 saturated heterocycles. The maximum Gasteiger partial charge on any atom is 0.168 e. The Kier molecular flexibility index (Phi) is 2.67. The molecule has 0 spiro atoms. The van der Waals surface area contributed by atoms with Gasteiger partial charge in [-0.25, -0.2) is 0 Å². The highest BCUT2D eigenvalue weighted by atomic mass is 16.1. The molecule has 1 aliphatic rings. The third-order valence-electron chi connectivity index (χ3n) is 3.51. The summed E-state index contributed by atoms with van der Waals surface area (Å²) < 4.78 is 0. The molecule has 18 heavy (non-hydrogen) atoms. The lowest BCUT2D eigenvalue weighted by Crippen LogP contribution is -2.12. The molecule has 1 aliphatic carbocycles. The van der Waals surface area contributed by atoms with Crippen LogP contribution in [0.15, 0.2) is 36.5 Å². The summed E-state index contributed by atoms with van der Waals surface area (Å²) >= 11 is 0. The maximum atomic E-state index is 12.4. The minimum absolute atomic E-state index is 0.0603. The average molecular weight is 239 g/mol. The molecule has 1 heterocycles. The number of pyridine rings is 1. The largest absolute Gasteiger partial charge is 0.300 e. The molecule has 0 radical (unpaired) electrons. The minimum atomic E-state index is -0.148. The Hall–Kier alpha value is -2.03. The number of Topliss-reactive ketones (excluding diaryl/α,β-unsaturated/α-hetero) is 2. The van der Waals surface area contributed by atoms with Crippen LogP contribution in [0.2, 0.25) is 0 Å². The summed E-state index contributed by atoms with van der Waals surface area (Å²) in [6.45, 7) is 0. The molecule has 90 valence electrons. The molecule has 1 unspecified atom stereocenters. The molecular weight excluding hydrogens is 226 g/mol. The summed E-state index contributed by atoms with van der Waals surface area (Å²) in [7, 11) is 0. The van der Waals surface area contributed by atoms with Crippen LogP contribution >= 0.6 is 0 Å². The smallest absolute Gasteiger partial charge is 0.168 e. The Balaban J connectivity index is 2.04. The van der Waals surface area contributed by atoms with Gasteiger partial charge in [0.25, 0.3) is 0 Å². The summed E-state index contributed by atoms with van der Waals surface area (Å²) in [5.74, 6) is 0.108. The molecule has 0 amide bonds. The van der Waals surface area contributed by atoms with Gasteiger partial charge in [0.1, 0.15) is 5.78 Å². The van der Waals surface area contributed by atoms with Crippen molar-refractivity contribution in [3.05, 3.63) is 42.1 Å². The van der Waals surface area contributed by atoms with Gasteiger partial charge >= 0.3 is 0 Å². The molecule has 1 aromatic heterocycles. The van der Waals surface area contributed by atoms with E-state index in [1.54, 1.807) is 12.3 Å². The number of hydrogen-bond acceptors (Lipinski definition) is 3. The molecule has 1 saturated carbocycles. The molecule has 1 fully saturated rings. The van der Waals surface area contributed by atoms with Crippen molar-refractivity contribution in [3.8, 4) is 0 Å². The Morgan fingerprint density at radius 2 is 2.06 bits per heavy atom. The number of carbonyl (C=O) groups is 2. The van der Waals surface area contributed by atoms with Crippen molar-refractivity contribution < 1.29 is 9.59 Å². The third-order valence-corrected chi connectivity index (χ3v) is 3.51. The van der Waals surface area contributed by atoms with E-state index in [9.17, 15) is 9.59 Å². The second kappa shape index (κ2) is 4.33. The lowest BCUT2D eigenvalue weighted by molar-refractivity contribution is -0.117. The van der Waals surface area contributed by atoms with Crippen molar-refractivity contribution in [2.45, 2.75) is 19.3 Å². The molecule has 0 N–H and O–H groups in total. The first kappa shape index (κ1) is 11.1. The standard InChI is InChI=1S/C15H13NO2/c17-12-7-6-11(9-12)15(18)13-5-1-3-10-4-2-8-16-14(10)13/h1-5,8,11H,6-7,9H2. The van der Waals surface area contributed by atoms with Gasteiger partial charge in [-0.2, -0.15) is 0 Å². The van der Waals surface area contributed by atoms with Crippen LogP contribution < -0.4 is 0 Å². The zero-order valence-corrected chi connectivity index (χ0v) is 9.93. The van der Waals surface area contributed by atoms with E-state index in [-0.39, 0.29) is 17.5 Å². The van der Waals surface area contributed by atoms with E-state index in [0.29, 0.717) is 24.8 Å². The topological polar surface area (TPSA) is 47.0 Å². The predicted molar refractivity (Wildman–Crippen MR) is 68.4 cm³/mol. The van der Waals surface area contributed by atoms with E-state index in [1.165, 1.54) is 0 Å². The van der Waals surface area contributed by atoms with Crippen molar-refractivity contribution >= 4 is 22.5 Å². The highest BCUT2D eigenvalue weighted by Crippen LogP contribution is 2.28. The van der Waals surface area contributed by atoms with Crippen LogP contribution in [-0.2, 0) is 4.79 Å². The van der Waals surface area contributed by atoms with Gasteiger partial charge in [0.15, 0.2) is 5.78 Å². The van der Waals surface area contributed by atoms with Gasteiger partial charge in [0, 0.05) is 35.9 Å². The monoisotopic (exact) mass is 239 g/mol. The Labute approximate surface area is 105 Å². The van der Waals surface area contributed by atoms with Crippen LogP contribution in [0.1, 0.15) is 29.6 Å². The number of rotatable bonds is 2.